The van der Waals surface area contributed by atoms with E-state index >= 15 is 0 Å². The molecule has 0 saturated heterocycles. The van der Waals surface area contributed by atoms with Crippen molar-refractivity contribution in [2.45, 2.75) is 52.2 Å². The van der Waals surface area contributed by atoms with E-state index in [9.17, 15) is 19.2 Å². The van der Waals surface area contributed by atoms with Crippen molar-refractivity contribution < 1.29 is 23.9 Å². The van der Waals surface area contributed by atoms with E-state index in [0.717, 1.165) is 5.82 Å². The number of carbonyl (C=O) groups excluding carboxylic acids is 4. The van der Waals surface area contributed by atoms with E-state index in [2.05, 4.69) is 20.9 Å². The van der Waals surface area contributed by atoms with Crippen LogP contribution in [0.5, 0.6) is 5.75 Å². The van der Waals surface area contributed by atoms with Crippen molar-refractivity contribution >= 4 is 23.6 Å². The largest absolute Gasteiger partial charge is 0.491 e. The van der Waals surface area contributed by atoms with E-state index in [-0.39, 0.29) is 43.5 Å². The molecule has 37 heavy (non-hydrogen) atoms. The number of hydrogen-bond donors (Lipinski definition) is 3. The Bertz CT molecular complexity index is 1120. The molecule has 1 aromatic carbocycles. The highest BCUT2D eigenvalue weighted by Crippen LogP contribution is 2.19. The summed E-state index contributed by atoms with van der Waals surface area (Å²) in [6.45, 7) is 6.88. The number of likely N-dealkylation sites (N-methyl/N-ethyl adjacent to an activating group) is 1. The SMILES string of the molecule is CC[C@@H](C)[C@@H]1NC(=O)C[C@@H](C(=O)NCCn2ccnc2C)NC(=O)c2ccccc2OCCN(C)C1=O. The molecule has 0 fully saturated rings. The molecule has 0 spiro atoms. The number of hydrogen-bond acceptors (Lipinski definition) is 6. The van der Waals surface area contributed by atoms with Gasteiger partial charge in [-0.25, -0.2) is 4.98 Å². The Morgan fingerprint density at radius 3 is 2.70 bits per heavy atom. The fraction of sp³-hybridized carbons (Fsp3) is 0.500. The van der Waals surface area contributed by atoms with Crippen LogP contribution in [0.2, 0.25) is 0 Å². The molecule has 1 aliphatic heterocycles. The number of carbonyl (C=O) groups is 4. The van der Waals surface area contributed by atoms with E-state index in [0.29, 0.717) is 18.7 Å². The highest BCUT2D eigenvalue weighted by Gasteiger charge is 2.32. The lowest BCUT2D eigenvalue weighted by Gasteiger charge is -2.29. The van der Waals surface area contributed by atoms with Crippen LogP contribution in [-0.4, -0.2) is 76.9 Å². The van der Waals surface area contributed by atoms with Gasteiger partial charge in [0.2, 0.25) is 17.7 Å². The van der Waals surface area contributed by atoms with Gasteiger partial charge in [0.1, 0.15) is 30.3 Å². The lowest BCUT2D eigenvalue weighted by atomic mass is 9.97. The van der Waals surface area contributed by atoms with Crippen molar-refractivity contribution in [1.29, 1.82) is 0 Å². The van der Waals surface area contributed by atoms with Crippen molar-refractivity contribution in [3.8, 4) is 5.75 Å². The predicted molar refractivity (Wildman–Crippen MR) is 137 cm³/mol. The third-order valence-corrected chi connectivity index (χ3v) is 6.57. The summed E-state index contributed by atoms with van der Waals surface area (Å²) in [5.74, 6) is -0.771. The molecule has 3 atom stereocenters. The minimum absolute atomic E-state index is 0.131. The second kappa shape index (κ2) is 12.9. The fourth-order valence-corrected chi connectivity index (χ4v) is 4.03. The summed E-state index contributed by atoms with van der Waals surface area (Å²) in [7, 11) is 1.65. The molecule has 4 amide bonds. The zero-order chi connectivity index (χ0) is 26.9. The van der Waals surface area contributed by atoms with Crippen molar-refractivity contribution in [1.82, 2.24) is 30.4 Å². The summed E-state index contributed by atoms with van der Waals surface area (Å²) in [5, 5.41) is 8.27. The molecule has 0 bridgehead atoms. The monoisotopic (exact) mass is 512 g/mol. The van der Waals surface area contributed by atoms with E-state index < -0.39 is 29.8 Å². The highest BCUT2D eigenvalue weighted by molar-refractivity contribution is 6.01. The maximum atomic E-state index is 13.2. The van der Waals surface area contributed by atoms with Crippen LogP contribution in [-0.2, 0) is 20.9 Å². The molecule has 1 aromatic heterocycles. The molecule has 2 heterocycles. The van der Waals surface area contributed by atoms with Crippen molar-refractivity contribution in [2.24, 2.45) is 5.92 Å². The second-order valence-corrected chi connectivity index (χ2v) is 9.22. The van der Waals surface area contributed by atoms with E-state index in [4.69, 9.17) is 4.74 Å². The van der Waals surface area contributed by atoms with Gasteiger partial charge in [-0.3, -0.25) is 19.2 Å². The van der Waals surface area contributed by atoms with Crippen LogP contribution in [0.1, 0.15) is 42.9 Å². The van der Waals surface area contributed by atoms with Crippen LogP contribution < -0.4 is 20.7 Å². The average molecular weight is 513 g/mol. The van der Waals surface area contributed by atoms with E-state index in [1.54, 1.807) is 43.7 Å². The molecule has 11 nitrogen and oxygen atoms in total. The van der Waals surface area contributed by atoms with Gasteiger partial charge in [0.15, 0.2) is 0 Å². The number of nitrogens with one attached hydrogen (secondary N) is 3. The number of aromatic nitrogens is 2. The maximum Gasteiger partial charge on any atom is 0.255 e. The lowest BCUT2D eigenvalue weighted by Crippen LogP contribution is -2.54. The van der Waals surface area contributed by atoms with Crippen LogP contribution in [0.4, 0.5) is 0 Å². The number of imidazole rings is 1. The van der Waals surface area contributed by atoms with Crippen LogP contribution in [0, 0.1) is 12.8 Å². The van der Waals surface area contributed by atoms with Gasteiger partial charge in [-0.2, -0.15) is 0 Å². The molecule has 200 valence electrons. The zero-order valence-electron chi connectivity index (χ0n) is 21.8. The van der Waals surface area contributed by atoms with Gasteiger partial charge in [0.25, 0.3) is 5.91 Å². The molecular formula is C26H36N6O5. The zero-order valence-corrected chi connectivity index (χ0v) is 21.8. The summed E-state index contributed by atoms with van der Waals surface area (Å²) in [5.41, 5.74) is 0.235. The normalized spacial score (nSPS) is 20.1. The second-order valence-electron chi connectivity index (χ2n) is 9.22. The van der Waals surface area contributed by atoms with E-state index in [1.165, 1.54) is 4.90 Å². The maximum absolute atomic E-state index is 13.2. The number of nitrogens with zero attached hydrogens (tertiary/aromatic N) is 3. The first kappa shape index (κ1) is 27.7. The highest BCUT2D eigenvalue weighted by atomic mass is 16.5. The Kier molecular flexibility index (Phi) is 9.64. The molecule has 1 aliphatic rings. The van der Waals surface area contributed by atoms with E-state index in [1.807, 2.05) is 25.3 Å². The molecule has 0 saturated carbocycles. The summed E-state index contributed by atoms with van der Waals surface area (Å²) in [4.78, 5) is 58.1. The molecule has 2 aromatic rings. The Labute approximate surface area is 216 Å². The first-order valence-electron chi connectivity index (χ1n) is 12.5. The quantitative estimate of drug-likeness (QED) is 0.526. The summed E-state index contributed by atoms with van der Waals surface area (Å²) < 4.78 is 7.71. The minimum atomic E-state index is -1.15. The van der Waals surface area contributed by atoms with Gasteiger partial charge in [-0.15, -0.1) is 0 Å². The molecule has 3 rings (SSSR count). The van der Waals surface area contributed by atoms with Gasteiger partial charge >= 0.3 is 0 Å². The third-order valence-electron chi connectivity index (χ3n) is 6.57. The van der Waals surface area contributed by atoms with Gasteiger partial charge < -0.3 is 30.2 Å². The fourth-order valence-electron chi connectivity index (χ4n) is 4.03. The van der Waals surface area contributed by atoms with Crippen LogP contribution >= 0.6 is 0 Å². The van der Waals surface area contributed by atoms with Gasteiger partial charge in [-0.1, -0.05) is 32.4 Å². The number of rotatable bonds is 6. The number of para-hydroxylation sites is 1. The minimum Gasteiger partial charge on any atom is -0.491 e. The standard InChI is InChI=1S/C26H36N6O5/c1-5-17(2)23-26(36)31(4)14-15-37-21-9-7-6-8-19(21)24(34)29-20(16-22(33)30-23)25(35)28-11-13-32-12-10-27-18(32)3/h6-10,12,17,20,23H,5,11,13-16H2,1-4H3,(H,28,35)(H,29,34)(H,30,33)/t17-,20+,23+/m1/s1. The number of ether oxygens (including phenoxy) is 1. The predicted octanol–water partition coefficient (Wildman–Crippen LogP) is 0.878. The number of fused-ring (bicyclic) bond motifs is 1. The summed E-state index contributed by atoms with van der Waals surface area (Å²) in [6, 6.07) is 4.74. The van der Waals surface area contributed by atoms with Crippen molar-refractivity contribution in [3.05, 3.63) is 48.0 Å². The van der Waals surface area contributed by atoms with Crippen molar-refractivity contribution in [2.75, 3.05) is 26.7 Å². The topological polar surface area (TPSA) is 135 Å². The molecule has 0 aliphatic carbocycles. The smallest absolute Gasteiger partial charge is 0.255 e. The Morgan fingerprint density at radius 2 is 2.00 bits per heavy atom. The molecular weight excluding hydrogens is 476 g/mol. The van der Waals surface area contributed by atoms with Gasteiger partial charge in [0, 0.05) is 32.5 Å². The Balaban J connectivity index is 1.84. The van der Waals surface area contributed by atoms with Crippen LogP contribution in [0.25, 0.3) is 0 Å². The Morgan fingerprint density at radius 1 is 1.24 bits per heavy atom. The average Bonchev–Trinajstić information content (AvgIpc) is 3.29. The first-order valence-corrected chi connectivity index (χ1v) is 12.5. The Hall–Kier alpha value is -3.89. The molecule has 0 unspecified atom stereocenters. The first-order chi connectivity index (χ1) is 17.7. The molecule has 3 N–H and O–H groups in total. The molecule has 11 heteroatoms. The van der Waals surface area contributed by atoms with Crippen molar-refractivity contribution in [3.63, 3.8) is 0 Å². The lowest BCUT2D eigenvalue weighted by molar-refractivity contribution is -0.137. The molecule has 0 radical (unpaired) electrons. The third kappa shape index (κ3) is 7.31. The van der Waals surface area contributed by atoms with Crippen LogP contribution in [0.15, 0.2) is 36.7 Å². The number of benzene rings is 1. The number of amides is 4. The van der Waals surface area contributed by atoms with Gasteiger partial charge in [0.05, 0.1) is 18.5 Å². The summed E-state index contributed by atoms with van der Waals surface area (Å²) in [6.07, 6.45) is 3.82. The van der Waals surface area contributed by atoms with Gasteiger partial charge in [-0.05, 0) is 25.0 Å². The number of aryl methyl sites for hydroxylation is 1. The summed E-state index contributed by atoms with van der Waals surface area (Å²) >= 11 is 0. The van der Waals surface area contributed by atoms with Crippen LogP contribution in [0.3, 0.4) is 0 Å².